The molecule has 1 heterocycles. The van der Waals surface area contributed by atoms with Crippen LogP contribution in [-0.2, 0) is 35.4 Å². The lowest BCUT2D eigenvalue weighted by Gasteiger charge is -2.13. The predicted octanol–water partition coefficient (Wildman–Crippen LogP) is 5.74. The molecule has 0 aliphatic carbocycles. The minimum absolute atomic E-state index is 0.0650. The molecule has 0 fully saturated rings. The molecule has 0 radical (unpaired) electrons. The molecule has 0 unspecified atom stereocenters. The van der Waals surface area contributed by atoms with E-state index in [1.165, 1.54) is 17.4 Å². The van der Waals surface area contributed by atoms with Gasteiger partial charge < -0.3 is 15.3 Å². The van der Waals surface area contributed by atoms with E-state index in [1.54, 1.807) is 29.1 Å². The van der Waals surface area contributed by atoms with E-state index in [-0.39, 0.29) is 18.6 Å². The molecule has 9 heteroatoms. The Balaban J connectivity index is 1.49. The van der Waals surface area contributed by atoms with Crippen molar-refractivity contribution in [3.8, 4) is 11.1 Å². The van der Waals surface area contributed by atoms with Gasteiger partial charge in [0.1, 0.15) is 6.61 Å². The van der Waals surface area contributed by atoms with Gasteiger partial charge in [0, 0.05) is 25.7 Å². The summed E-state index contributed by atoms with van der Waals surface area (Å²) in [5, 5.41) is 19.0. The van der Waals surface area contributed by atoms with Crippen molar-refractivity contribution in [3.05, 3.63) is 81.5 Å². The second-order valence-electron chi connectivity index (χ2n) is 7.29. The molecule has 0 aliphatic heterocycles. The van der Waals surface area contributed by atoms with Crippen molar-refractivity contribution in [2.24, 2.45) is 5.16 Å². The molecule has 174 valence electrons. The molecule has 2 aromatic carbocycles. The number of hydrogen-bond acceptors (Lipinski definition) is 5. The van der Waals surface area contributed by atoms with Crippen molar-refractivity contribution in [2.75, 3.05) is 6.54 Å². The third-order valence-corrected chi connectivity index (χ3v) is 5.48. The van der Waals surface area contributed by atoms with Crippen LogP contribution in [0.5, 0.6) is 0 Å². The first-order chi connectivity index (χ1) is 15.8. The molecule has 0 saturated carbocycles. The van der Waals surface area contributed by atoms with Crippen LogP contribution in [0.1, 0.15) is 28.7 Å². The van der Waals surface area contributed by atoms with E-state index in [1.807, 2.05) is 24.3 Å². The minimum Gasteiger partial charge on any atom is -0.481 e. The van der Waals surface area contributed by atoms with Gasteiger partial charge in [0.15, 0.2) is 0 Å². The highest BCUT2D eigenvalue weighted by Gasteiger charge is 2.34. The Morgan fingerprint density at radius 1 is 1.09 bits per heavy atom. The maximum atomic E-state index is 13.5. The monoisotopic (exact) mass is 476 g/mol. The molecule has 0 atom stereocenters. The molecule has 1 aromatic heterocycles. The first kappa shape index (κ1) is 24.5. The lowest BCUT2D eigenvalue weighted by molar-refractivity contribution is -0.138. The molecule has 33 heavy (non-hydrogen) atoms. The molecular formula is C24H23F3N2O3S. The van der Waals surface area contributed by atoms with Crippen molar-refractivity contribution >= 4 is 23.5 Å². The van der Waals surface area contributed by atoms with Crippen molar-refractivity contribution in [1.29, 1.82) is 0 Å². The molecule has 2 N–H and O–H groups in total. The molecule has 0 saturated heterocycles. The van der Waals surface area contributed by atoms with Crippen LogP contribution in [0.3, 0.4) is 0 Å². The number of thiophene rings is 1. The number of alkyl halides is 3. The number of hydrogen-bond donors (Lipinski definition) is 2. The summed E-state index contributed by atoms with van der Waals surface area (Å²) in [6.45, 7) is 0.919. The Bertz CT molecular complexity index is 1070. The highest BCUT2D eigenvalue weighted by molar-refractivity contribution is 7.08. The lowest BCUT2D eigenvalue weighted by Crippen LogP contribution is -2.17. The van der Waals surface area contributed by atoms with Gasteiger partial charge in [0.05, 0.1) is 12.0 Å². The zero-order valence-corrected chi connectivity index (χ0v) is 18.5. The molecule has 3 aromatic rings. The summed E-state index contributed by atoms with van der Waals surface area (Å²) in [6.07, 6.45) is -2.32. The standard InChI is InChI=1S/C24H23F3N2O3S/c25-24(26,27)22-13-19(5-6-21(22)20-9-12-33-16-20)15-32-29-11-7-17-1-3-18(4-2-17)14-28-10-8-23(30)31/h1-6,9,11-13,16,28H,7-8,10,14-15H2,(H,30,31). The fourth-order valence-electron chi connectivity index (χ4n) is 3.11. The Morgan fingerprint density at radius 2 is 1.82 bits per heavy atom. The minimum atomic E-state index is -4.46. The van der Waals surface area contributed by atoms with Gasteiger partial charge in [-0.3, -0.25) is 4.79 Å². The van der Waals surface area contributed by atoms with Crippen LogP contribution in [0.2, 0.25) is 0 Å². The fraction of sp³-hybridized carbons (Fsp3) is 0.250. The van der Waals surface area contributed by atoms with Crippen molar-refractivity contribution in [3.63, 3.8) is 0 Å². The van der Waals surface area contributed by atoms with E-state index in [2.05, 4.69) is 10.5 Å². The van der Waals surface area contributed by atoms with E-state index >= 15 is 0 Å². The van der Waals surface area contributed by atoms with Crippen LogP contribution in [0.25, 0.3) is 11.1 Å². The second-order valence-corrected chi connectivity index (χ2v) is 8.07. The van der Waals surface area contributed by atoms with E-state index in [0.717, 1.165) is 17.2 Å². The third-order valence-electron chi connectivity index (χ3n) is 4.80. The van der Waals surface area contributed by atoms with Gasteiger partial charge in [-0.1, -0.05) is 41.6 Å². The van der Waals surface area contributed by atoms with Gasteiger partial charge in [-0.25, -0.2) is 0 Å². The van der Waals surface area contributed by atoms with Crippen LogP contribution in [0.4, 0.5) is 13.2 Å². The number of rotatable bonds is 11. The van der Waals surface area contributed by atoms with E-state index < -0.39 is 17.7 Å². The number of carboxylic acids is 1. The molecule has 3 rings (SSSR count). The third kappa shape index (κ3) is 7.73. The second kappa shape index (κ2) is 11.6. The van der Waals surface area contributed by atoms with Gasteiger partial charge in [-0.2, -0.15) is 24.5 Å². The van der Waals surface area contributed by atoms with Gasteiger partial charge >= 0.3 is 12.1 Å². The average Bonchev–Trinajstić information content (AvgIpc) is 3.31. The average molecular weight is 477 g/mol. The van der Waals surface area contributed by atoms with Crippen LogP contribution in [0.15, 0.2) is 64.4 Å². The zero-order valence-electron chi connectivity index (χ0n) is 17.6. The Kier molecular flexibility index (Phi) is 8.62. The van der Waals surface area contributed by atoms with Crippen molar-refractivity contribution in [2.45, 2.75) is 32.2 Å². The predicted molar refractivity (Wildman–Crippen MR) is 122 cm³/mol. The number of carbonyl (C=O) groups is 1. The van der Waals surface area contributed by atoms with Gasteiger partial charge in [0.2, 0.25) is 0 Å². The summed E-state index contributed by atoms with van der Waals surface area (Å²) in [6, 6.07) is 13.6. The number of nitrogens with zero attached hydrogens (tertiary/aromatic N) is 1. The van der Waals surface area contributed by atoms with E-state index in [9.17, 15) is 18.0 Å². The SMILES string of the molecule is O=C(O)CCNCc1ccc(CC=NOCc2ccc(-c3ccsc3)c(C(F)(F)F)c2)cc1. The maximum Gasteiger partial charge on any atom is 0.417 e. The summed E-state index contributed by atoms with van der Waals surface area (Å²) in [4.78, 5) is 15.7. The van der Waals surface area contributed by atoms with Crippen LogP contribution in [-0.4, -0.2) is 23.8 Å². The smallest absolute Gasteiger partial charge is 0.417 e. The van der Waals surface area contributed by atoms with Gasteiger partial charge in [-0.15, -0.1) is 0 Å². The van der Waals surface area contributed by atoms with Crippen LogP contribution in [0, 0.1) is 0 Å². The summed E-state index contributed by atoms with van der Waals surface area (Å²) in [7, 11) is 0. The number of aliphatic carboxylic acids is 1. The highest BCUT2D eigenvalue weighted by atomic mass is 32.1. The Hall–Kier alpha value is -3.17. The van der Waals surface area contributed by atoms with E-state index in [4.69, 9.17) is 9.94 Å². The molecule has 0 spiro atoms. The topological polar surface area (TPSA) is 70.9 Å². The number of carboxylic acid groups (broad SMARTS) is 1. The quantitative estimate of drug-likeness (QED) is 0.210. The summed E-state index contributed by atoms with van der Waals surface area (Å²) >= 11 is 1.35. The number of nitrogens with one attached hydrogen (secondary N) is 1. The molecule has 0 aliphatic rings. The van der Waals surface area contributed by atoms with Crippen LogP contribution >= 0.6 is 11.3 Å². The summed E-state index contributed by atoms with van der Waals surface area (Å²) in [5.41, 5.74) is 2.41. The highest BCUT2D eigenvalue weighted by Crippen LogP contribution is 2.38. The maximum absolute atomic E-state index is 13.5. The largest absolute Gasteiger partial charge is 0.481 e. The number of halogens is 3. The zero-order chi connectivity index (χ0) is 23.7. The fourth-order valence-corrected chi connectivity index (χ4v) is 3.77. The first-order valence-electron chi connectivity index (χ1n) is 10.2. The summed E-state index contributed by atoms with van der Waals surface area (Å²) < 4.78 is 40.5. The molecule has 0 bridgehead atoms. The molecule has 5 nitrogen and oxygen atoms in total. The Labute approximate surface area is 193 Å². The molecular weight excluding hydrogens is 453 g/mol. The lowest BCUT2D eigenvalue weighted by atomic mass is 9.99. The van der Waals surface area contributed by atoms with Crippen LogP contribution < -0.4 is 5.32 Å². The Morgan fingerprint density at radius 3 is 2.48 bits per heavy atom. The normalized spacial score (nSPS) is 11.7. The van der Waals surface area contributed by atoms with Crippen molar-refractivity contribution in [1.82, 2.24) is 5.32 Å². The number of benzene rings is 2. The van der Waals surface area contributed by atoms with Gasteiger partial charge in [0.25, 0.3) is 0 Å². The van der Waals surface area contributed by atoms with E-state index in [0.29, 0.717) is 30.6 Å². The van der Waals surface area contributed by atoms with Crippen molar-refractivity contribution < 1.29 is 27.9 Å². The van der Waals surface area contributed by atoms with Gasteiger partial charge in [-0.05, 0) is 50.7 Å². The first-order valence-corrected chi connectivity index (χ1v) is 11.1. The summed E-state index contributed by atoms with van der Waals surface area (Å²) in [5.74, 6) is -0.838. The molecule has 0 amide bonds. The number of oxime groups is 1.